The molecule has 4 heterocycles. The van der Waals surface area contributed by atoms with Crippen LogP contribution in [0.2, 0.25) is 0 Å². The maximum Gasteiger partial charge on any atom is 0.185 e. The lowest BCUT2D eigenvalue weighted by molar-refractivity contribution is 0.462. The Morgan fingerprint density at radius 2 is 0.826 bits per heavy atom. The largest absolute Gasteiger partial charge is 0.456 e. The molecular weight excluding hydrogens is 587 g/mol. The number of benzene rings is 5. The first kappa shape index (κ1) is 26.6. The van der Waals surface area contributed by atoms with E-state index >= 15 is 4.57 Å². The molecule has 0 bridgehead atoms. The number of aromatic nitrogens is 2. The Bertz CT molecular complexity index is 2160. The molecule has 7 aromatic rings. The van der Waals surface area contributed by atoms with Gasteiger partial charge in [0, 0.05) is 24.8 Å². The van der Waals surface area contributed by atoms with E-state index < -0.39 is 7.14 Å². The molecule has 0 atom stereocenters. The number of fused-ring (bicyclic) bond motifs is 4. The van der Waals surface area contributed by atoms with E-state index in [4.69, 9.17) is 9.47 Å². The Kier molecular flexibility index (Phi) is 6.02. The van der Waals surface area contributed by atoms with Crippen LogP contribution in [-0.2, 0) is 4.57 Å². The predicted molar refractivity (Wildman–Crippen MR) is 183 cm³/mol. The number of hydrogen-bond donors (Lipinski definition) is 0. The smallest absolute Gasteiger partial charge is 0.185 e. The summed E-state index contributed by atoms with van der Waals surface area (Å²) in [6.07, 6.45) is 7.27. The molecule has 0 fully saturated rings. The maximum atomic E-state index is 15.5. The van der Waals surface area contributed by atoms with E-state index in [0.29, 0.717) is 38.9 Å². The standard InChI is InChI=1S/C40H25N2O3P/c43-46-38-18-16-30(26-8-12-28(13-9-26)32-4-2-20-41-24-32)22-36(38)44-34-6-1-7-35(40(34)46)45-37-23-31(17-19-39(37)46)27-10-14-29(15-11-27)33-5-3-21-42-25-33/h1-25H. The average molecular weight is 613 g/mol. The summed E-state index contributed by atoms with van der Waals surface area (Å²) in [5.41, 5.74) is 8.39. The van der Waals surface area contributed by atoms with Crippen molar-refractivity contribution in [2.45, 2.75) is 0 Å². The van der Waals surface area contributed by atoms with Crippen molar-refractivity contribution >= 4 is 23.1 Å². The molecular formula is C40H25N2O3P. The molecule has 0 radical (unpaired) electrons. The molecule has 0 spiro atoms. The molecule has 0 saturated heterocycles. The molecule has 9 rings (SSSR count). The first-order valence-corrected chi connectivity index (χ1v) is 16.8. The number of pyridine rings is 2. The van der Waals surface area contributed by atoms with E-state index in [2.05, 4.69) is 58.5 Å². The molecule has 218 valence electrons. The first-order valence-electron chi connectivity index (χ1n) is 15.1. The van der Waals surface area contributed by atoms with Crippen LogP contribution in [0.25, 0.3) is 44.5 Å². The fourth-order valence-corrected chi connectivity index (χ4v) is 9.45. The van der Waals surface area contributed by atoms with E-state index in [1.54, 1.807) is 12.4 Å². The van der Waals surface area contributed by atoms with Crippen molar-refractivity contribution in [2.24, 2.45) is 0 Å². The van der Waals surface area contributed by atoms with Crippen LogP contribution in [0.4, 0.5) is 0 Å². The summed E-state index contributed by atoms with van der Waals surface area (Å²) in [4.78, 5) is 8.47. The summed E-state index contributed by atoms with van der Waals surface area (Å²) in [5.74, 6) is 2.34. The summed E-state index contributed by atoms with van der Waals surface area (Å²) in [5, 5.41) is 1.99. The SMILES string of the molecule is O=P12c3ccc(-c4ccc(-c5cccnc5)cc4)cc3Oc3cccc(c31)Oc1cc(-c3ccc(-c4cccnc4)cc3)ccc12. The van der Waals surface area contributed by atoms with Crippen LogP contribution in [0.15, 0.2) is 152 Å². The molecule has 5 aromatic carbocycles. The minimum Gasteiger partial charge on any atom is -0.456 e. The van der Waals surface area contributed by atoms with E-state index in [-0.39, 0.29) is 0 Å². The van der Waals surface area contributed by atoms with E-state index in [0.717, 1.165) is 44.5 Å². The molecule has 0 aliphatic carbocycles. The van der Waals surface area contributed by atoms with E-state index in [1.165, 1.54) is 0 Å². The second-order valence-electron chi connectivity index (χ2n) is 11.4. The van der Waals surface area contributed by atoms with Crippen LogP contribution in [0, 0.1) is 0 Å². The van der Waals surface area contributed by atoms with Gasteiger partial charge >= 0.3 is 0 Å². The molecule has 0 saturated carbocycles. The van der Waals surface area contributed by atoms with E-state index in [9.17, 15) is 0 Å². The lowest BCUT2D eigenvalue weighted by Gasteiger charge is -2.34. The molecule has 2 aromatic heterocycles. The highest BCUT2D eigenvalue weighted by Gasteiger charge is 2.46. The Hall–Kier alpha value is -5.77. The molecule has 6 heteroatoms. The van der Waals surface area contributed by atoms with Gasteiger partial charge in [0.25, 0.3) is 0 Å². The van der Waals surface area contributed by atoms with Gasteiger partial charge in [-0.3, -0.25) is 9.97 Å². The van der Waals surface area contributed by atoms with Crippen LogP contribution in [0.3, 0.4) is 0 Å². The minimum atomic E-state index is -3.30. The fourth-order valence-electron chi connectivity index (χ4n) is 6.43. The van der Waals surface area contributed by atoms with Gasteiger partial charge in [-0.15, -0.1) is 0 Å². The zero-order chi connectivity index (χ0) is 30.7. The highest BCUT2D eigenvalue weighted by molar-refractivity contribution is 7.86. The van der Waals surface area contributed by atoms with Gasteiger partial charge in [-0.05, 0) is 93.0 Å². The molecule has 2 aliphatic heterocycles. The second-order valence-corrected chi connectivity index (χ2v) is 14.0. The van der Waals surface area contributed by atoms with Gasteiger partial charge in [0.15, 0.2) is 7.14 Å². The van der Waals surface area contributed by atoms with Crippen molar-refractivity contribution in [3.05, 3.63) is 152 Å². The van der Waals surface area contributed by atoms with Gasteiger partial charge in [0.2, 0.25) is 0 Å². The van der Waals surface area contributed by atoms with Crippen molar-refractivity contribution in [1.29, 1.82) is 0 Å². The number of rotatable bonds is 4. The van der Waals surface area contributed by atoms with Gasteiger partial charge < -0.3 is 14.0 Å². The van der Waals surface area contributed by atoms with Crippen molar-refractivity contribution in [3.63, 3.8) is 0 Å². The summed E-state index contributed by atoms with van der Waals surface area (Å²) in [7, 11) is -3.30. The minimum absolute atomic E-state index is 0.568. The summed E-state index contributed by atoms with van der Waals surface area (Å²) in [6, 6.07) is 42.3. The van der Waals surface area contributed by atoms with Gasteiger partial charge in [0.1, 0.15) is 28.3 Å². The lowest BCUT2D eigenvalue weighted by atomic mass is 10.0. The molecule has 0 N–H and O–H groups in total. The molecule has 46 heavy (non-hydrogen) atoms. The highest BCUT2D eigenvalue weighted by atomic mass is 31.2. The normalized spacial score (nSPS) is 13.4. The van der Waals surface area contributed by atoms with Crippen molar-refractivity contribution in [2.75, 3.05) is 0 Å². The van der Waals surface area contributed by atoms with Crippen molar-refractivity contribution in [1.82, 2.24) is 9.97 Å². The summed E-state index contributed by atoms with van der Waals surface area (Å²) in [6.45, 7) is 0. The summed E-state index contributed by atoms with van der Waals surface area (Å²) >= 11 is 0. The van der Waals surface area contributed by atoms with Crippen LogP contribution in [0.5, 0.6) is 23.0 Å². The monoisotopic (exact) mass is 612 g/mol. The predicted octanol–water partition coefficient (Wildman–Crippen LogP) is 9.00. The Balaban J connectivity index is 1.10. The third kappa shape index (κ3) is 4.21. The number of hydrogen-bond acceptors (Lipinski definition) is 5. The second kappa shape index (κ2) is 10.4. The number of nitrogens with zero attached hydrogens (tertiary/aromatic N) is 2. The van der Waals surface area contributed by atoms with Gasteiger partial charge in [0.05, 0.1) is 10.6 Å². The zero-order valence-electron chi connectivity index (χ0n) is 24.5. The van der Waals surface area contributed by atoms with Gasteiger partial charge in [-0.1, -0.05) is 78.9 Å². The van der Waals surface area contributed by atoms with Crippen LogP contribution in [0.1, 0.15) is 0 Å². The molecule has 0 unspecified atom stereocenters. The Morgan fingerprint density at radius 1 is 0.413 bits per heavy atom. The van der Waals surface area contributed by atoms with Crippen LogP contribution < -0.4 is 25.4 Å². The molecule has 5 nitrogen and oxygen atoms in total. The Morgan fingerprint density at radius 3 is 1.24 bits per heavy atom. The Labute approximate surface area is 266 Å². The third-order valence-corrected chi connectivity index (χ3v) is 11.9. The first-order chi connectivity index (χ1) is 22.6. The molecule has 2 aliphatic rings. The van der Waals surface area contributed by atoms with Gasteiger partial charge in [-0.25, -0.2) is 0 Å². The van der Waals surface area contributed by atoms with Crippen LogP contribution >= 0.6 is 7.14 Å². The van der Waals surface area contributed by atoms with Crippen molar-refractivity contribution < 1.29 is 14.0 Å². The average Bonchev–Trinajstić information content (AvgIpc) is 3.12. The van der Waals surface area contributed by atoms with Crippen molar-refractivity contribution in [3.8, 4) is 67.5 Å². The topological polar surface area (TPSA) is 61.3 Å². The van der Waals surface area contributed by atoms with Gasteiger partial charge in [-0.2, -0.15) is 0 Å². The number of ether oxygens (including phenoxy) is 2. The zero-order valence-corrected chi connectivity index (χ0v) is 25.4. The van der Waals surface area contributed by atoms with E-state index in [1.807, 2.05) is 91.3 Å². The maximum absolute atomic E-state index is 15.5. The lowest BCUT2D eigenvalue weighted by Crippen LogP contribution is -2.35. The molecule has 0 amide bonds. The highest BCUT2D eigenvalue weighted by Crippen LogP contribution is 2.58. The quantitative estimate of drug-likeness (QED) is 0.186. The third-order valence-electron chi connectivity index (χ3n) is 8.74. The summed E-state index contributed by atoms with van der Waals surface area (Å²) < 4.78 is 28.3. The van der Waals surface area contributed by atoms with Crippen LogP contribution in [-0.4, -0.2) is 9.97 Å². The fraction of sp³-hybridized carbons (Fsp3) is 0.